The van der Waals surface area contributed by atoms with Crippen molar-refractivity contribution in [3.05, 3.63) is 29.8 Å². The van der Waals surface area contributed by atoms with Crippen molar-refractivity contribution in [3.8, 4) is 0 Å². The summed E-state index contributed by atoms with van der Waals surface area (Å²) in [6.45, 7) is 0.190. The molecule has 92 valence electrons. The highest BCUT2D eigenvalue weighted by molar-refractivity contribution is 7.91. The highest BCUT2D eigenvalue weighted by atomic mass is 35.5. The molecule has 0 aliphatic heterocycles. The Hall–Kier alpha value is -0.620. The van der Waals surface area contributed by atoms with Gasteiger partial charge in [-0.2, -0.15) is 0 Å². The first-order valence-electron chi connectivity index (χ1n) is 4.73. The molecule has 0 spiro atoms. The van der Waals surface area contributed by atoms with Crippen LogP contribution in [0.2, 0.25) is 0 Å². The maximum absolute atomic E-state index is 11.5. The van der Waals surface area contributed by atoms with Gasteiger partial charge in [0.2, 0.25) is 0 Å². The summed E-state index contributed by atoms with van der Waals surface area (Å²) in [5.41, 5.74) is 6.40. The van der Waals surface area contributed by atoms with Crippen molar-refractivity contribution in [3.63, 3.8) is 0 Å². The lowest BCUT2D eigenvalue weighted by atomic mass is 10.2. The second kappa shape index (κ2) is 6.85. The molecular formula is C10H16ClNO3S. The Bertz CT molecular complexity index is 403. The van der Waals surface area contributed by atoms with Crippen LogP contribution < -0.4 is 5.73 Å². The zero-order chi connectivity index (χ0) is 11.3. The van der Waals surface area contributed by atoms with Crippen molar-refractivity contribution < 1.29 is 13.5 Å². The van der Waals surface area contributed by atoms with E-state index >= 15 is 0 Å². The second-order valence-corrected chi connectivity index (χ2v) is 5.33. The molecule has 6 heteroatoms. The van der Waals surface area contributed by atoms with Gasteiger partial charge in [-0.05, 0) is 30.7 Å². The molecule has 0 heterocycles. The Morgan fingerprint density at radius 1 is 1.19 bits per heavy atom. The second-order valence-electron chi connectivity index (χ2n) is 3.23. The van der Waals surface area contributed by atoms with Crippen LogP contribution in [-0.2, 0) is 16.3 Å². The minimum absolute atomic E-state index is 0. The van der Waals surface area contributed by atoms with Gasteiger partial charge in [0.15, 0.2) is 9.84 Å². The van der Waals surface area contributed by atoms with E-state index in [2.05, 4.69) is 0 Å². The first-order valence-corrected chi connectivity index (χ1v) is 6.38. The van der Waals surface area contributed by atoms with Gasteiger partial charge in [0.05, 0.1) is 17.3 Å². The number of hydrogen-bond acceptors (Lipinski definition) is 4. The lowest BCUT2D eigenvalue weighted by molar-refractivity contribution is 0.319. The van der Waals surface area contributed by atoms with Gasteiger partial charge in [-0.25, -0.2) is 8.42 Å². The molecule has 4 nitrogen and oxygen atoms in total. The van der Waals surface area contributed by atoms with E-state index in [1.165, 1.54) is 0 Å². The van der Waals surface area contributed by atoms with Crippen LogP contribution in [0.15, 0.2) is 29.2 Å². The van der Waals surface area contributed by atoms with Crippen LogP contribution in [0, 0.1) is 0 Å². The van der Waals surface area contributed by atoms with Gasteiger partial charge in [-0.1, -0.05) is 12.1 Å². The van der Waals surface area contributed by atoms with E-state index in [4.69, 9.17) is 10.8 Å². The summed E-state index contributed by atoms with van der Waals surface area (Å²) >= 11 is 0. The van der Waals surface area contributed by atoms with E-state index in [0.717, 1.165) is 12.0 Å². The smallest absolute Gasteiger partial charge is 0.180 e. The Morgan fingerprint density at radius 2 is 1.75 bits per heavy atom. The molecule has 16 heavy (non-hydrogen) atoms. The Morgan fingerprint density at radius 3 is 2.19 bits per heavy atom. The molecule has 0 unspecified atom stereocenters. The molecule has 0 saturated heterocycles. The molecule has 1 aromatic rings. The largest absolute Gasteiger partial charge is 0.395 e. The van der Waals surface area contributed by atoms with E-state index in [0.29, 0.717) is 6.54 Å². The van der Waals surface area contributed by atoms with Crippen LogP contribution in [0.3, 0.4) is 0 Å². The standard InChI is InChI=1S/C10H15NO3S.ClH/c11-6-5-9-1-3-10(4-2-9)15(13,14)8-7-12;/h1-4,12H,5-8,11H2;1H. The molecule has 0 atom stereocenters. The van der Waals surface area contributed by atoms with Crippen LogP contribution in [0.1, 0.15) is 5.56 Å². The third kappa shape index (κ3) is 4.09. The molecule has 0 aliphatic rings. The number of aliphatic hydroxyl groups is 1. The maximum Gasteiger partial charge on any atom is 0.180 e. The molecule has 0 aliphatic carbocycles. The summed E-state index contributed by atoms with van der Waals surface area (Å²) in [5.74, 6) is -0.233. The van der Waals surface area contributed by atoms with Crippen LogP contribution in [-0.4, -0.2) is 32.4 Å². The summed E-state index contributed by atoms with van der Waals surface area (Å²) < 4.78 is 23.0. The highest BCUT2D eigenvalue weighted by Gasteiger charge is 2.12. The lowest BCUT2D eigenvalue weighted by Crippen LogP contribution is -2.10. The van der Waals surface area contributed by atoms with E-state index < -0.39 is 9.84 Å². The zero-order valence-corrected chi connectivity index (χ0v) is 10.4. The van der Waals surface area contributed by atoms with Gasteiger partial charge in [0, 0.05) is 0 Å². The van der Waals surface area contributed by atoms with E-state index in [1.807, 2.05) is 0 Å². The van der Waals surface area contributed by atoms with Crippen LogP contribution in [0.4, 0.5) is 0 Å². The van der Waals surface area contributed by atoms with Crippen molar-refractivity contribution in [2.45, 2.75) is 11.3 Å². The Balaban J connectivity index is 0.00000225. The normalized spacial score (nSPS) is 10.9. The number of rotatable bonds is 5. The summed E-state index contributed by atoms with van der Waals surface area (Å²) in [6, 6.07) is 6.60. The summed E-state index contributed by atoms with van der Waals surface area (Å²) in [6.07, 6.45) is 0.736. The van der Waals surface area contributed by atoms with Crippen molar-refractivity contribution in [2.24, 2.45) is 5.73 Å². The van der Waals surface area contributed by atoms with Gasteiger partial charge in [0.1, 0.15) is 0 Å². The van der Waals surface area contributed by atoms with Crippen molar-refractivity contribution in [1.82, 2.24) is 0 Å². The quantitative estimate of drug-likeness (QED) is 0.806. The minimum Gasteiger partial charge on any atom is -0.395 e. The predicted molar refractivity (Wildman–Crippen MR) is 65.6 cm³/mol. The fourth-order valence-electron chi connectivity index (χ4n) is 1.27. The van der Waals surface area contributed by atoms with Crippen LogP contribution in [0.5, 0.6) is 0 Å². The molecule has 0 saturated carbocycles. The van der Waals surface area contributed by atoms with E-state index in [1.54, 1.807) is 24.3 Å². The highest BCUT2D eigenvalue weighted by Crippen LogP contribution is 2.12. The third-order valence-electron chi connectivity index (χ3n) is 2.08. The summed E-state index contributed by atoms with van der Waals surface area (Å²) in [5, 5.41) is 8.61. The molecular weight excluding hydrogens is 250 g/mol. The van der Waals surface area contributed by atoms with E-state index in [-0.39, 0.29) is 29.7 Å². The molecule has 0 radical (unpaired) electrons. The fourth-order valence-corrected chi connectivity index (χ4v) is 2.29. The first-order chi connectivity index (χ1) is 7.10. The molecule has 1 rings (SSSR count). The number of hydrogen-bond donors (Lipinski definition) is 2. The average molecular weight is 266 g/mol. The molecule has 0 amide bonds. The molecule has 1 aromatic carbocycles. The number of benzene rings is 1. The van der Waals surface area contributed by atoms with Crippen LogP contribution in [0.25, 0.3) is 0 Å². The lowest BCUT2D eigenvalue weighted by Gasteiger charge is -2.03. The van der Waals surface area contributed by atoms with Gasteiger partial charge in [0.25, 0.3) is 0 Å². The van der Waals surface area contributed by atoms with Crippen molar-refractivity contribution in [2.75, 3.05) is 18.9 Å². The van der Waals surface area contributed by atoms with Crippen molar-refractivity contribution >= 4 is 22.2 Å². The molecule has 0 aromatic heterocycles. The topological polar surface area (TPSA) is 80.4 Å². The number of halogens is 1. The third-order valence-corrected chi connectivity index (χ3v) is 3.79. The van der Waals surface area contributed by atoms with E-state index in [9.17, 15) is 8.42 Å². The average Bonchev–Trinajstić information content (AvgIpc) is 2.19. The summed E-state index contributed by atoms with van der Waals surface area (Å²) in [7, 11) is -3.32. The maximum atomic E-state index is 11.5. The molecule has 0 bridgehead atoms. The molecule has 3 N–H and O–H groups in total. The first kappa shape index (κ1) is 15.4. The SMILES string of the molecule is Cl.NCCc1ccc(S(=O)(=O)CCO)cc1. The van der Waals surface area contributed by atoms with Gasteiger partial charge < -0.3 is 10.8 Å². The van der Waals surface area contributed by atoms with Crippen LogP contribution >= 0.6 is 12.4 Å². The monoisotopic (exact) mass is 265 g/mol. The number of aliphatic hydroxyl groups excluding tert-OH is 1. The van der Waals surface area contributed by atoms with Gasteiger partial charge in [-0.15, -0.1) is 12.4 Å². The number of sulfone groups is 1. The Labute approximate surface area is 102 Å². The predicted octanol–water partition coefficient (Wildman–Crippen LogP) is 0.376. The van der Waals surface area contributed by atoms with Gasteiger partial charge in [-0.3, -0.25) is 0 Å². The number of nitrogens with two attached hydrogens (primary N) is 1. The summed E-state index contributed by atoms with van der Waals surface area (Å²) in [4.78, 5) is 0.248. The van der Waals surface area contributed by atoms with Crippen molar-refractivity contribution in [1.29, 1.82) is 0 Å². The Kier molecular flexibility index (Phi) is 6.59. The minimum atomic E-state index is -3.32. The zero-order valence-electron chi connectivity index (χ0n) is 8.80. The molecule has 0 fully saturated rings. The fraction of sp³-hybridized carbons (Fsp3) is 0.400. The van der Waals surface area contributed by atoms with Gasteiger partial charge >= 0.3 is 0 Å².